The zero-order valence-corrected chi connectivity index (χ0v) is 22.0. The first-order valence-electron chi connectivity index (χ1n) is 12.0. The molecule has 0 aliphatic carbocycles. The van der Waals surface area contributed by atoms with Gasteiger partial charge in [-0.25, -0.2) is 10.3 Å². The fraction of sp³-hybridized carbons (Fsp3) is 0.179. The second kappa shape index (κ2) is 12.2. The molecule has 39 heavy (non-hydrogen) atoms. The molecule has 9 nitrogen and oxygen atoms in total. The third-order valence-corrected chi connectivity index (χ3v) is 6.30. The maximum Gasteiger partial charge on any atom is 0.309 e. The summed E-state index contributed by atoms with van der Waals surface area (Å²) in [5, 5.41) is 12.5. The molecule has 1 aliphatic heterocycles. The summed E-state index contributed by atoms with van der Waals surface area (Å²) in [6.07, 6.45) is 6.65. The average Bonchev–Trinajstić information content (AvgIpc) is 3.59. The van der Waals surface area contributed by atoms with Gasteiger partial charge in [0.2, 0.25) is 5.79 Å². The van der Waals surface area contributed by atoms with Gasteiger partial charge in [0.1, 0.15) is 24.2 Å². The Bertz CT molecular complexity index is 1480. The molecule has 5 rings (SSSR count). The van der Waals surface area contributed by atoms with Crippen molar-refractivity contribution in [2.24, 2.45) is 4.99 Å². The van der Waals surface area contributed by atoms with E-state index in [-0.39, 0.29) is 25.3 Å². The van der Waals surface area contributed by atoms with E-state index in [1.165, 1.54) is 0 Å². The molecule has 198 valence electrons. The van der Waals surface area contributed by atoms with Gasteiger partial charge in [-0.1, -0.05) is 53.5 Å². The number of benzene rings is 3. The highest BCUT2D eigenvalue weighted by Crippen LogP contribution is 2.40. The maximum absolute atomic E-state index is 9.10. The van der Waals surface area contributed by atoms with E-state index in [1.54, 1.807) is 67.1 Å². The molecule has 0 radical (unpaired) electrons. The first-order chi connectivity index (χ1) is 19.0. The van der Waals surface area contributed by atoms with Gasteiger partial charge >= 0.3 is 6.02 Å². The molecular weight excluding hydrogens is 541 g/mol. The Labute approximate surface area is 235 Å². The minimum atomic E-state index is -1.14. The Morgan fingerprint density at radius 3 is 2.74 bits per heavy atom. The van der Waals surface area contributed by atoms with Crippen molar-refractivity contribution < 1.29 is 18.9 Å². The van der Waals surface area contributed by atoms with Crippen molar-refractivity contribution in [1.82, 2.24) is 14.9 Å². The largest absolute Gasteiger partial charge is 0.491 e. The smallest absolute Gasteiger partial charge is 0.309 e. The van der Waals surface area contributed by atoms with Crippen LogP contribution in [-0.2, 0) is 21.8 Å². The average molecular weight is 564 g/mol. The molecule has 0 bridgehead atoms. The third kappa shape index (κ3) is 6.69. The number of aromatic nitrogens is 2. The third-order valence-electron chi connectivity index (χ3n) is 5.76. The predicted octanol–water partition coefficient (Wildman–Crippen LogP) is 5.67. The van der Waals surface area contributed by atoms with Crippen LogP contribution in [0.15, 0.2) is 96.5 Å². The number of ether oxygens (including phenoxy) is 4. The predicted molar refractivity (Wildman–Crippen MR) is 146 cm³/mol. The molecule has 11 heteroatoms. The molecule has 0 spiro atoms. The number of para-hydroxylation sites is 1. The standard InChI is InChI=1S/C28H23Cl2N5O4/c29-20-9-10-25(26(30)13-20)28(17-35-12-11-32-19-35)37-16-24(39-28)15-36-23-8-4-5-21(14-23)34-27(33-18-31)38-22-6-2-1-3-7-22/h1-14,19,24H,15-17H2,(H,33,34). The Kier molecular flexibility index (Phi) is 8.30. The number of hydrogen-bond acceptors (Lipinski definition) is 7. The van der Waals surface area contributed by atoms with Crippen LogP contribution in [0.25, 0.3) is 0 Å². The number of nitriles is 1. The molecule has 1 aromatic heterocycles. The summed E-state index contributed by atoms with van der Waals surface area (Å²) in [4.78, 5) is 8.51. The van der Waals surface area contributed by atoms with Gasteiger partial charge in [0.25, 0.3) is 0 Å². The molecule has 2 heterocycles. The first kappa shape index (κ1) is 26.5. The Morgan fingerprint density at radius 1 is 1.13 bits per heavy atom. The molecule has 0 saturated carbocycles. The SMILES string of the molecule is N#CNC(=Nc1cccc(OCC2COC(Cn3ccnc3)(c3ccc(Cl)cc3Cl)O2)c1)Oc1ccccc1. The number of nitrogens with one attached hydrogen (secondary N) is 1. The van der Waals surface area contributed by atoms with Crippen LogP contribution >= 0.6 is 23.2 Å². The first-order valence-corrected chi connectivity index (χ1v) is 12.7. The van der Waals surface area contributed by atoms with Gasteiger partial charge in [-0.3, -0.25) is 0 Å². The lowest BCUT2D eigenvalue weighted by Crippen LogP contribution is -2.34. The van der Waals surface area contributed by atoms with Gasteiger partial charge in [-0.05, 0) is 36.4 Å². The summed E-state index contributed by atoms with van der Waals surface area (Å²) >= 11 is 12.7. The molecule has 2 atom stereocenters. The fourth-order valence-corrected chi connectivity index (χ4v) is 4.60. The summed E-state index contributed by atoms with van der Waals surface area (Å²) in [5.41, 5.74) is 1.20. The Morgan fingerprint density at radius 2 is 1.97 bits per heavy atom. The summed E-state index contributed by atoms with van der Waals surface area (Å²) < 4.78 is 26.2. The lowest BCUT2D eigenvalue weighted by Gasteiger charge is -2.30. The highest BCUT2D eigenvalue weighted by molar-refractivity contribution is 6.35. The lowest BCUT2D eigenvalue weighted by molar-refractivity contribution is -0.189. The van der Waals surface area contributed by atoms with Crippen molar-refractivity contribution >= 4 is 34.9 Å². The maximum atomic E-state index is 9.10. The van der Waals surface area contributed by atoms with E-state index >= 15 is 0 Å². The second-order valence-electron chi connectivity index (χ2n) is 8.54. The number of nitrogens with zero attached hydrogens (tertiary/aromatic N) is 4. The van der Waals surface area contributed by atoms with E-state index in [0.29, 0.717) is 39.3 Å². The number of halogens is 2. The summed E-state index contributed by atoms with van der Waals surface area (Å²) in [7, 11) is 0. The van der Waals surface area contributed by atoms with Crippen LogP contribution in [-0.4, -0.2) is 34.9 Å². The fourth-order valence-electron chi connectivity index (χ4n) is 4.05. The number of amidine groups is 1. The zero-order chi connectivity index (χ0) is 27.1. The van der Waals surface area contributed by atoms with Crippen molar-refractivity contribution in [3.63, 3.8) is 0 Å². The molecule has 1 N–H and O–H groups in total. The van der Waals surface area contributed by atoms with Crippen LogP contribution in [0.2, 0.25) is 10.0 Å². The molecule has 1 saturated heterocycles. The van der Waals surface area contributed by atoms with Gasteiger partial charge in [0.05, 0.1) is 30.2 Å². The monoisotopic (exact) mass is 563 g/mol. The molecule has 0 amide bonds. The van der Waals surface area contributed by atoms with E-state index in [9.17, 15) is 0 Å². The summed E-state index contributed by atoms with van der Waals surface area (Å²) in [5.74, 6) is -0.0351. The highest BCUT2D eigenvalue weighted by Gasteiger charge is 2.45. The minimum Gasteiger partial charge on any atom is -0.491 e. The van der Waals surface area contributed by atoms with Crippen LogP contribution in [0.4, 0.5) is 5.69 Å². The van der Waals surface area contributed by atoms with Crippen molar-refractivity contribution in [2.75, 3.05) is 13.2 Å². The lowest BCUT2D eigenvalue weighted by atomic mass is 10.1. The van der Waals surface area contributed by atoms with E-state index in [2.05, 4.69) is 15.3 Å². The van der Waals surface area contributed by atoms with Gasteiger partial charge in [0.15, 0.2) is 6.19 Å². The van der Waals surface area contributed by atoms with Crippen LogP contribution < -0.4 is 14.8 Å². The summed E-state index contributed by atoms with van der Waals surface area (Å²) in [6.45, 7) is 0.839. The minimum absolute atomic E-state index is 0.0394. The van der Waals surface area contributed by atoms with Crippen molar-refractivity contribution in [2.45, 2.75) is 18.4 Å². The Balaban J connectivity index is 1.29. The van der Waals surface area contributed by atoms with Gasteiger partial charge in [-0.15, -0.1) is 0 Å². The molecule has 2 unspecified atom stereocenters. The molecule has 3 aromatic carbocycles. The molecule has 4 aromatic rings. The van der Waals surface area contributed by atoms with Gasteiger partial charge in [0, 0.05) is 29.0 Å². The molecular formula is C28H23Cl2N5O4. The number of aliphatic imine (C=N–C) groups is 1. The zero-order valence-electron chi connectivity index (χ0n) is 20.5. The number of imidazole rings is 1. The highest BCUT2D eigenvalue weighted by atomic mass is 35.5. The van der Waals surface area contributed by atoms with E-state index in [4.69, 9.17) is 47.4 Å². The van der Waals surface area contributed by atoms with Gasteiger partial charge < -0.3 is 23.5 Å². The van der Waals surface area contributed by atoms with Gasteiger partial charge in [-0.2, -0.15) is 10.3 Å². The van der Waals surface area contributed by atoms with Crippen molar-refractivity contribution in [1.29, 1.82) is 5.26 Å². The van der Waals surface area contributed by atoms with E-state index < -0.39 is 5.79 Å². The van der Waals surface area contributed by atoms with Crippen LogP contribution in [0.5, 0.6) is 11.5 Å². The number of hydrogen-bond donors (Lipinski definition) is 1. The summed E-state index contributed by atoms with van der Waals surface area (Å²) in [6, 6.07) is 21.4. The van der Waals surface area contributed by atoms with Crippen LogP contribution in [0, 0.1) is 11.5 Å². The normalized spacial score (nSPS) is 18.9. The molecule has 1 aliphatic rings. The second-order valence-corrected chi connectivity index (χ2v) is 9.38. The van der Waals surface area contributed by atoms with E-state index in [0.717, 1.165) is 0 Å². The topological polar surface area (TPSA) is 103 Å². The van der Waals surface area contributed by atoms with E-state index in [1.807, 2.05) is 35.2 Å². The quantitative estimate of drug-likeness (QED) is 0.127. The van der Waals surface area contributed by atoms with Crippen molar-refractivity contribution in [3.05, 3.63) is 107 Å². The van der Waals surface area contributed by atoms with Crippen LogP contribution in [0.1, 0.15) is 5.56 Å². The number of rotatable bonds is 8. The van der Waals surface area contributed by atoms with Crippen LogP contribution in [0.3, 0.4) is 0 Å². The Hall–Kier alpha value is -4.07. The molecule has 1 fully saturated rings. The van der Waals surface area contributed by atoms with Crippen molar-refractivity contribution in [3.8, 4) is 17.7 Å².